The lowest BCUT2D eigenvalue weighted by atomic mass is 9.88. The van der Waals surface area contributed by atoms with E-state index in [9.17, 15) is 51.3 Å². The van der Waals surface area contributed by atoms with Gasteiger partial charge in [0.1, 0.15) is 11.3 Å². The number of aryl methyl sites for hydroxylation is 1. The minimum absolute atomic E-state index is 0.0274. The minimum atomic E-state index is -6.04. The Morgan fingerprint density at radius 2 is 1.65 bits per heavy atom. The SMILES string of the molecule is C/C=C/c1cc(C(O)(C(F)(F)F)C(F)(F)F)cc(CCC)c1OCCCCN1C(=O)NC(C)(c2ccc(O)c(O)c2)C1=O. The maximum absolute atomic E-state index is 13.6. The molecule has 1 aliphatic rings. The van der Waals surface area contributed by atoms with Crippen LogP contribution in [0.2, 0.25) is 0 Å². The first-order chi connectivity index (χ1) is 19.9. The van der Waals surface area contributed by atoms with E-state index < -0.39 is 52.5 Å². The largest absolute Gasteiger partial charge is 0.504 e. The zero-order valence-electron chi connectivity index (χ0n) is 23.6. The molecule has 2 aromatic carbocycles. The number of hydrogen-bond acceptors (Lipinski definition) is 6. The number of aliphatic hydroxyl groups is 1. The average Bonchev–Trinajstić information content (AvgIpc) is 3.13. The van der Waals surface area contributed by atoms with Crippen molar-refractivity contribution in [3.8, 4) is 17.2 Å². The van der Waals surface area contributed by atoms with E-state index in [-0.39, 0.29) is 54.9 Å². The Balaban J connectivity index is 1.77. The van der Waals surface area contributed by atoms with E-state index >= 15 is 0 Å². The lowest BCUT2D eigenvalue weighted by Crippen LogP contribution is -2.54. The third-order valence-corrected chi connectivity index (χ3v) is 7.15. The Labute approximate surface area is 243 Å². The Kier molecular flexibility index (Phi) is 9.64. The van der Waals surface area contributed by atoms with E-state index in [1.807, 2.05) is 0 Å². The number of aromatic hydroxyl groups is 2. The van der Waals surface area contributed by atoms with Crippen molar-refractivity contribution in [1.29, 1.82) is 0 Å². The van der Waals surface area contributed by atoms with Gasteiger partial charge in [-0.3, -0.25) is 9.69 Å². The van der Waals surface area contributed by atoms with Crippen LogP contribution in [0.4, 0.5) is 31.1 Å². The number of carbonyl (C=O) groups is 2. The Morgan fingerprint density at radius 1 is 1.00 bits per heavy atom. The second kappa shape index (κ2) is 12.3. The molecule has 1 unspecified atom stereocenters. The van der Waals surface area contributed by atoms with Crippen LogP contribution in [-0.2, 0) is 22.4 Å². The van der Waals surface area contributed by atoms with Crippen LogP contribution in [0.5, 0.6) is 17.2 Å². The Bertz CT molecular complexity index is 1380. The number of halogens is 6. The van der Waals surface area contributed by atoms with Gasteiger partial charge in [0.2, 0.25) is 0 Å². The van der Waals surface area contributed by atoms with Gasteiger partial charge in [-0.2, -0.15) is 26.3 Å². The monoisotopic (exact) mass is 618 g/mol. The van der Waals surface area contributed by atoms with Gasteiger partial charge < -0.3 is 25.4 Å². The highest BCUT2D eigenvalue weighted by Crippen LogP contribution is 2.51. The molecule has 1 atom stereocenters. The van der Waals surface area contributed by atoms with Crippen LogP contribution in [-0.4, -0.2) is 57.7 Å². The lowest BCUT2D eigenvalue weighted by Gasteiger charge is -2.33. The van der Waals surface area contributed by atoms with Gasteiger partial charge in [-0.25, -0.2) is 4.79 Å². The first kappa shape index (κ1) is 33.6. The van der Waals surface area contributed by atoms with E-state index in [1.54, 1.807) is 6.92 Å². The van der Waals surface area contributed by atoms with Crippen molar-refractivity contribution >= 4 is 18.0 Å². The highest BCUT2D eigenvalue weighted by Gasteiger charge is 2.71. The topological polar surface area (TPSA) is 119 Å². The molecule has 3 amide bonds. The predicted octanol–water partition coefficient (Wildman–Crippen LogP) is 6.02. The van der Waals surface area contributed by atoms with Crippen molar-refractivity contribution in [1.82, 2.24) is 10.2 Å². The molecule has 0 aromatic heterocycles. The zero-order chi connectivity index (χ0) is 32.4. The molecule has 0 spiro atoms. The summed E-state index contributed by atoms with van der Waals surface area (Å²) in [6.45, 7) is 4.57. The number of benzene rings is 2. The summed E-state index contributed by atoms with van der Waals surface area (Å²) in [5.41, 5.74) is -7.75. The van der Waals surface area contributed by atoms with Crippen molar-refractivity contribution in [3.05, 3.63) is 58.7 Å². The normalized spacial score (nSPS) is 18.0. The number of rotatable bonds is 11. The fraction of sp³-hybridized carbons (Fsp3) is 0.448. The smallest absolute Gasteiger partial charge is 0.430 e. The summed E-state index contributed by atoms with van der Waals surface area (Å²) < 4.78 is 87.3. The number of phenols is 2. The molecule has 0 aliphatic carbocycles. The number of allylic oxidation sites excluding steroid dienone is 1. The van der Waals surface area contributed by atoms with Crippen LogP contribution in [0.25, 0.3) is 6.08 Å². The molecule has 0 bridgehead atoms. The van der Waals surface area contributed by atoms with Crippen molar-refractivity contribution in [2.24, 2.45) is 0 Å². The van der Waals surface area contributed by atoms with E-state index in [0.717, 1.165) is 11.0 Å². The molecular formula is C29H32F6N2O6. The van der Waals surface area contributed by atoms with Crippen molar-refractivity contribution < 1.29 is 56.0 Å². The lowest BCUT2D eigenvalue weighted by molar-refractivity contribution is -0.376. The predicted molar refractivity (Wildman–Crippen MR) is 143 cm³/mol. The summed E-state index contributed by atoms with van der Waals surface area (Å²) >= 11 is 0. The summed E-state index contributed by atoms with van der Waals surface area (Å²) in [6, 6.07) is 4.31. The molecule has 14 heteroatoms. The zero-order valence-corrected chi connectivity index (χ0v) is 23.6. The average molecular weight is 619 g/mol. The number of phenolic OH excluding ortho intramolecular Hbond substituents is 2. The van der Waals surface area contributed by atoms with Crippen LogP contribution >= 0.6 is 0 Å². The number of amides is 3. The van der Waals surface area contributed by atoms with Crippen molar-refractivity contribution in [2.45, 2.75) is 69.9 Å². The fourth-order valence-electron chi connectivity index (χ4n) is 4.82. The maximum atomic E-state index is 13.6. The molecule has 0 radical (unpaired) electrons. The molecule has 4 N–H and O–H groups in total. The molecular weight excluding hydrogens is 586 g/mol. The number of imide groups is 1. The first-order valence-electron chi connectivity index (χ1n) is 13.4. The van der Waals surface area contributed by atoms with Crippen molar-refractivity contribution in [3.63, 3.8) is 0 Å². The van der Waals surface area contributed by atoms with Crippen LogP contribution < -0.4 is 10.1 Å². The number of alkyl halides is 6. The highest BCUT2D eigenvalue weighted by molar-refractivity contribution is 6.07. The Hall–Kier alpha value is -3.94. The Morgan fingerprint density at radius 3 is 2.21 bits per heavy atom. The molecule has 1 saturated heterocycles. The molecule has 1 aliphatic heterocycles. The summed E-state index contributed by atoms with van der Waals surface area (Å²) in [5, 5.41) is 31.9. The highest BCUT2D eigenvalue weighted by atomic mass is 19.4. The summed E-state index contributed by atoms with van der Waals surface area (Å²) in [4.78, 5) is 26.6. The molecule has 236 valence electrons. The van der Waals surface area contributed by atoms with E-state index in [4.69, 9.17) is 4.74 Å². The van der Waals surface area contributed by atoms with Crippen molar-refractivity contribution in [2.75, 3.05) is 13.2 Å². The van der Waals surface area contributed by atoms with Gasteiger partial charge in [-0.15, -0.1) is 0 Å². The standard InChI is InChI=1S/C29H32F6N2O6/c1-4-8-17-14-20(27(42,28(30,31)32)29(33,34)35)15-18(9-5-2)23(17)43-13-7-6-12-37-24(40)26(3,36-25(37)41)19-10-11-21(38)22(39)16-19/h4,8,10-11,14-16,38-39,42H,5-7,9,12-13H2,1-3H3,(H,36,41)/b8-4+. The van der Waals surface area contributed by atoms with E-state index in [1.165, 1.54) is 38.1 Å². The number of nitrogens with zero attached hydrogens (tertiary/aromatic N) is 1. The van der Waals surface area contributed by atoms with Gasteiger partial charge in [0.05, 0.1) is 6.61 Å². The van der Waals surface area contributed by atoms with Crippen LogP contribution in [0.15, 0.2) is 36.4 Å². The fourth-order valence-corrected chi connectivity index (χ4v) is 4.82. The quantitative estimate of drug-likeness (QED) is 0.106. The van der Waals surface area contributed by atoms with E-state index in [2.05, 4.69) is 5.32 Å². The van der Waals surface area contributed by atoms with Gasteiger partial charge in [-0.05, 0) is 68.5 Å². The number of unbranched alkanes of at least 4 members (excludes halogenated alkanes) is 1. The second-order valence-electron chi connectivity index (χ2n) is 10.3. The van der Waals surface area contributed by atoms with E-state index in [0.29, 0.717) is 18.6 Å². The molecule has 0 saturated carbocycles. The number of urea groups is 1. The third kappa shape index (κ3) is 6.38. The summed E-state index contributed by atoms with van der Waals surface area (Å²) in [5.74, 6) is -1.40. The molecule has 1 fully saturated rings. The minimum Gasteiger partial charge on any atom is -0.504 e. The maximum Gasteiger partial charge on any atom is 0.430 e. The number of ether oxygens (including phenoxy) is 1. The number of carbonyl (C=O) groups excluding carboxylic acids is 2. The number of hydrogen-bond donors (Lipinski definition) is 4. The van der Waals surface area contributed by atoms with Gasteiger partial charge in [0, 0.05) is 17.7 Å². The van der Waals surface area contributed by atoms with Crippen LogP contribution in [0.3, 0.4) is 0 Å². The number of nitrogens with one attached hydrogen (secondary N) is 1. The van der Waals surface area contributed by atoms with Gasteiger partial charge in [-0.1, -0.05) is 31.6 Å². The summed E-state index contributed by atoms with van der Waals surface area (Å²) in [6.07, 6.45) is -8.47. The summed E-state index contributed by atoms with van der Waals surface area (Å²) in [7, 11) is 0. The van der Waals surface area contributed by atoms with Gasteiger partial charge in [0.25, 0.3) is 11.5 Å². The van der Waals surface area contributed by atoms with Crippen LogP contribution in [0.1, 0.15) is 62.3 Å². The molecule has 2 aromatic rings. The first-order valence-corrected chi connectivity index (χ1v) is 13.4. The molecule has 1 heterocycles. The molecule has 3 rings (SSSR count). The molecule has 8 nitrogen and oxygen atoms in total. The molecule has 43 heavy (non-hydrogen) atoms. The third-order valence-electron chi connectivity index (χ3n) is 7.15. The van der Waals surface area contributed by atoms with Gasteiger partial charge >= 0.3 is 18.4 Å². The van der Waals surface area contributed by atoms with Gasteiger partial charge in [0.15, 0.2) is 11.5 Å². The van der Waals surface area contributed by atoms with Crippen LogP contribution in [0, 0.1) is 0 Å². The second-order valence-corrected chi connectivity index (χ2v) is 10.3.